The van der Waals surface area contributed by atoms with Gasteiger partial charge in [-0.3, -0.25) is 9.89 Å². The number of carbonyl (C=O) groups is 1. The van der Waals surface area contributed by atoms with Crippen LogP contribution in [0.3, 0.4) is 0 Å². The van der Waals surface area contributed by atoms with E-state index in [1.807, 2.05) is 6.92 Å². The fourth-order valence-electron chi connectivity index (χ4n) is 2.89. The van der Waals surface area contributed by atoms with Crippen molar-refractivity contribution in [2.75, 3.05) is 6.61 Å². The molecule has 1 aromatic heterocycles. The highest BCUT2D eigenvalue weighted by Crippen LogP contribution is 2.37. The third kappa shape index (κ3) is 1.81. The number of ether oxygens (including phenoxy) is 1. The second kappa shape index (κ2) is 4.37. The van der Waals surface area contributed by atoms with Crippen LogP contribution in [0.2, 0.25) is 0 Å². The number of amides is 1. The summed E-state index contributed by atoms with van der Waals surface area (Å²) in [5.74, 6) is 0.206. The van der Waals surface area contributed by atoms with E-state index < -0.39 is 0 Å². The first-order valence-electron chi connectivity index (χ1n) is 6.37. The number of fused-ring (bicyclic) bond motifs is 1. The summed E-state index contributed by atoms with van der Waals surface area (Å²) in [6.45, 7) is 2.63. The van der Waals surface area contributed by atoms with Crippen LogP contribution in [0.1, 0.15) is 29.0 Å². The van der Waals surface area contributed by atoms with Gasteiger partial charge in [-0.2, -0.15) is 5.10 Å². The fraction of sp³-hybridized carbons (Fsp3) is 0.667. The molecule has 1 saturated heterocycles. The maximum atomic E-state index is 12.0. The Labute approximate surface area is 105 Å². The Morgan fingerprint density at radius 1 is 1.67 bits per heavy atom. The van der Waals surface area contributed by atoms with Gasteiger partial charge in [0.2, 0.25) is 0 Å². The summed E-state index contributed by atoms with van der Waals surface area (Å²) in [7, 11) is 0. The SMILES string of the molecule is Cc1cc(C(=O)NC2C(N)C3CCCOC32)n[nH]1. The van der Waals surface area contributed by atoms with Crippen molar-refractivity contribution in [3.8, 4) is 0 Å². The third-order valence-corrected chi connectivity index (χ3v) is 3.91. The Morgan fingerprint density at radius 2 is 2.50 bits per heavy atom. The maximum Gasteiger partial charge on any atom is 0.272 e. The van der Waals surface area contributed by atoms with Gasteiger partial charge in [0.15, 0.2) is 0 Å². The average Bonchev–Trinajstić information content (AvgIpc) is 2.82. The molecule has 4 atom stereocenters. The highest BCUT2D eigenvalue weighted by Gasteiger charge is 2.51. The van der Waals surface area contributed by atoms with Gasteiger partial charge >= 0.3 is 0 Å². The summed E-state index contributed by atoms with van der Waals surface area (Å²) in [6, 6.07) is 1.64. The highest BCUT2D eigenvalue weighted by molar-refractivity contribution is 5.92. The van der Waals surface area contributed by atoms with Crippen molar-refractivity contribution in [2.24, 2.45) is 11.7 Å². The Bertz CT molecular complexity index is 459. The maximum absolute atomic E-state index is 12.0. The van der Waals surface area contributed by atoms with Gasteiger partial charge in [-0.1, -0.05) is 0 Å². The van der Waals surface area contributed by atoms with Gasteiger partial charge < -0.3 is 15.8 Å². The molecule has 1 aliphatic heterocycles. The van der Waals surface area contributed by atoms with E-state index in [0.29, 0.717) is 11.6 Å². The number of nitrogens with two attached hydrogens (primary N) is 1. The zero-order valence-electron chi connectivity index (χ0n) is 10.3. The summed E-state index contributed by atoms with van der Waals surface area (Å²) >= 11 is 0. The molecule has 4 N–H and O–H groups in total. The van der Waals surface area contributed by atoms with Crippen molar-refractivity contribution >= 4 is 5.91 Å². The minimum Gasteiger partial charge on any atom is -0.376 e. The molecule has 1 saturated carbocycles. The summed E-state index contributed by atoms with van der Waals surface area (Å²) in [4.78, 5) is 12.0. The fourth-order valence-corrected chi connectivity index (χ4v) is 2.89. The van der Waals surface area contributed by atoms with Crippen molar-refractivity contribution in [3.63, 3.8) is 0 Å². The smallest absolute Gasteiger partial charge is 0.272 e. The summed E-state index contributed by atoms with van der Waals surface area (Å²) in [5, 5.41) is 9.61. The molecule has 2 aliphatic rings. The van der Waals surface area contributed by atoms with E-state index in [0.717, 1.165) is 25.1 Å². The number of rotatable bonds is 2. The van der Waals surface area contributed by atoms with Crippen molar-refractivity contribution < 1.29 is 9.53 Å². The molecule has 6 nitrogen and oxygen atoms in total. The molecule has 3 rings (SSSR count). The molecule has 6 heteroatoms. The van der Waals surface area contributed by atoms with Crippen LogP contribution in [0, 0.1) is 12.8 Å². The first-order chi connectivity index (χ1) is 8.66. The zero-order valence-corrected chi connectivity index (χ0v) is 10.3. The summed E-state index contributed by atoms with van der Waals surface area (Å²) < 4.78 is 5.68. The van der Waals surface area contributed by atoms with Crippen molar-refractivity contribution in [3.05, 3.63) is 17.5 Å². The van der Waals surface area contributed by atoms with Crippen LogP contribution in [0.25, 0.3) is 0 Å². The molecule has 98 valence electrons. The minimum absolute atomic E-state index is 0.000659. The predicted octanol–water partition coefficient (Wildman–Crippen LogP) is -0.0474. The van der Waals surface area contributed by atoms with Gasteiger partial charge in [-0.15, -0.1) is 0 Å². The number of hydrogen-bond donors (Lipinski definition) is 3. The Balaban J connectivity index is 1.64. The molecule has 18 heavy (non-hydrogen) atoms. The quantitative estimate of drug-likeness (QED) is 0.686. The van der Waals surface area contributed by atoms with Crippen LogP contribution in [-0.4, -0.2) is 40.9 Å². The average molecular weight is 250 g/mol. The van der Waals surface area contributed by atoms with E-state index in [4.69, 9.17) is 10.5 Å². The van der Waals surface area contributed by atoms with Gasteiger partial charge in [0.25, 0.3) is 5.91 Å². The topological polar surface area (TPSA) is 93.0 Å². The first-order valence-corrected chi connectivity index (χ1v) is 6.37. The van der Waals surface area contributed by atoms with Crippen molar-refractivity contribution in [2.45, 2.75) is 38.0 Å². The van der Waals surface area contributed by atoms with E-state index >= 15 is 0 Å². The molecular formula is C12H18N4O2. The summed E-state index contributed by atoms with van der Waals surface area (Å²) in [6.07, 6.45) is 2.24. The van der Waals surface area contributed by atoms with Crippen LogP contribution in [0.4, 0.5) is 0 Å². The number of nitrogens with one attached hydrogen (secondary N) is 2. The monoisotopic (exact) mass is 250 g/mol. The number of aryl methyl sites for hydroxylation is 1. The third-order valence-electron chi connectivity index (χ3n) is 3.91. The molecular weight excluding hydrogens is 232 g/mol. The lowest BCUT2D eigenvalue weighted by Gasteiger charge is -2.52. The van der Waals surface area contributed by atoms with Crippen LogP contribution < -0.4 is 11.1 Å². The van der Waals surface area contributed by atoms with E-state index in [1.165, 1.54) is 0 Å². The van der Waals surface area contributed by atoms with Gasteiger partial charge in [-0.05, 0) is 25.8 Å². The minimum atomic E-state index is -0.188. The lowest BCUT2D eigenvalue weighted by atomic mass is 9.68. The van der Waals surface area contributed by atoms with Gasteiger partial charge in [0.05, 0.1) is 12.1 Å². The first kappa shape index (κ1) is 11.7. The lowest BCUT2D eigenvalue weighted by molar-refractivity contribution is -0.117. The molecule has 0 spiro atoms. The molecule has 1 amide bonds. The van der Waals surface area contributed by atoms with E-state index in [-0.39, 0.29) is 24.1 Å². The molecule has 2 fully saturated rings. The molecule has 1 aromatic rings. The molecule has 2 heterocycles. The second-order valence-corrected chi connectivity index (χ2v) is 5.15. The molecule has 0 bridgehead atoms. The number of H-pyrrole nitrogens is 1. The molecule has 1 aliphatic carbocycles. The van der Waals surface area contributed by atoms with Crippen molar-refractivity contribution in [1.82, 2.24) is 15.5 Å². The summed E-state index contributed by atoms with van der Waals surface area (Å²) in [5.41, 5.74) is 7.35. The number of nitrogens with zero attached hydrogens (tertiary/aromatic N) is 1. The normalized spacial score (nSPS) is 34.6. The van der Waals surface area contributed by atoms with Crippen LogP contribution >= 0.6 is 0 Å². The number of aromatic nitrogens is 2. The lowest BCUT2D eigenvalue weighted by Crippen LogP contribution is -2.72. The Morgan fingerprint density at radius 3 is 3.22 bits per heavy atom. The Kier molecular flexibility index (Phi) is 2.83. The number of aromatic amines is 1. The number of carbonyl (C=O) groups excluding carboxylic acids is 1. The largest absolute Gasteiger partial charge is 0.376 e. The van der Waals surface area contributed by atoms with Crippen molar-refractivity contribution in [1.29, 1.82) is 0 Å². The van der Waals surface area contributed by atoms with Crippen LogP contribution in [-0.2, 0) is 4.74 Å². The predicted molar refractivity (Wildman–Crippen MR) is 65.0 cm³/mol. The van der Waals surface area contributed by atoms with Crippen LogP contribution in [0.15, 0.2) is 6.07 Å². The van der Waals surface area contributed by atoms with Gasteiger partial charge in [-0.25, -0.2) is 0 Å². The van der Waals surface area contributed by atoms with E-state index in [2.05, 4.69) is 15.5 Å². The van der Waals surface area contributed by atoms with Gasteiger partial charge in [0, 0.05) is 24.3 Å². The standard InChI is InChI=1S/C12H18N4O2/c1-6-5-8(16-15-6)12(17)14-10-9(13)7-3-2-4-18-11(7)10/h5,7,9-11H,2-4,13H2,1H3,(H,14,17)(H,15,16). The van der Waals surface area contributed by atoms with Crippen LogP contribution in [0.5, 0.6) is 0 Å². The van der Waals surface area contributed by atoms with Gasteiger partial charge in [0.1, 0.15) is 5.69 Å². The molecule has 4 unspecified atom stereocenters. The molecule has 0 radical (unpaired) electrons. The zero-order chi connectivity index (χ0) is 12.7. The Hall–Kier alpha value is -1.40. The molecule has 0 aromatic carbocycles. The second-order valence-electron chi connectivity index (χ2n) is 5.15. The van der Waals surface area contributed by atoms with E-state index in [1.54, 1.807) is 6.07 Å². The number of hydrogen-bond acceptors (Lipinski definition) is 4. The highest BCUT2D eigenvalue weighted by atomic mass is 16.5. The van der Waals surface area contributed by atoms with E-state index in [9.17, 15) is 4.79 Å².